The van der Waals surface area contributed by atoms with E-state index in [-0.39, 0.29) is 0 Å². The van der Waals surface area contributed by atoms with Crippen molar-refractivity contribution in [2.24, 2.45) is 0 Å². The first-order valence-corrected chi connectivity index (χ1v) is 9.35. The molecule has 0 aliphatic heterocycles. The second kappa shape index (κ2) is 8.35. The monoisotopic (exact) mass is 404 g/mol. The zero-order chi connectivity index (χ0) is 20.3. The molecule has 3 rings (SSSR count). The van der Waals surface area contributed by atoms with E-state index in [0.29, 0.717) is 12.1 Å². The number of anilines is 1. The first-order valence-electron chi connectivity index (χ1n) is 8.47. The highest BCUT2D eigenvalue weighted by atomic mass is 32.1. The average Bonchev–Trinajstić information content (AvgIpc) is 3.26. The van der Waals surface area contributed by atoms with Crippen LogP contribution in [0.25, 0.3) is 0 Å². The van der Waals surface area contributed by atoms with Crippen LogP contribution in [0.4, 0.5) is 14.5 Å². The molecule has 146 valence electrons. The van der Waals surface area contributed by atoms with Gasteiger partial charge in [0.05, 0.1) is 12.1 Å². The van der Waals surface area contributed by atoms with Gasteiger partial charge in [-0.15, -0.1) is 11.3 Å². The van der Waals surface area contributed by atoms with Crippen molar-refractivity contribution in [3.8, 4) is 0 Å². The van der Waals surface area contributed by atoms with Crippen molar-refractivity contribution < 1.29 is 23.1 Å². The van der Waals surface area contributed by atoms with E-state index in [0.717, 1.165) is 28.4 Å². The van der Waals surface area contributed by atoms with Crippen LogP contribution in [0.3, 0.4) is 0 Å². The number of carbonyl (C=O) groups excluding carboxylic acids is 2. The van der Waals surface area contributed by atoms with Gasteiger partial charge in [0.15, 0.2) is 6.61 Å². The molecule has 0 radical (unpaired) electrons. The minimum atomic E-state index is -0.906. The summed E-state index contributed by atoms with van der Waals surface area (Å²) in [4.78, 5) is 25.4. The summed E-state index contributed by atoms with van der Waals surface area (Å²) in [6.45, 7) is 3.66. The number of hydrogen-bond acceptors (Lipinski definition) is 4. The number of benzene rings is 1. The summed E-state index contributed by atoms with van der Waals surface area (Å²) in [5.41, 5.74) is 1.38. The van der Waals surface area contributed by atoms with Crippen LogP contribution in [0.5, 0.6) is 0 Å². The summed E-state index contributed by atoms with van der Waals surface area (Å²) in [7, 11) is 0. The SMILES string of the molecule is Cc1cc(C(=O)OCC(=O)Nc2c(F)cccc2F)c(C)n1Cc1cccs1. The lowest BCUT2D eigenvalue weighted by Crippen LogP contribution is -2.22. The third-order valence-corrected chi connectivity index (χ3v) is 5.11. The molecule has 0 fully saturated rings. The molecule has 8 heteroatoms. The Balaban J connectivity index is 1.64. The van der Waals surface area contributed by atoms with E-state index in [2.05, 4.69) is 5.32 Å². The number of amides is 1. The lowest BCUT2D eigenvalue weighted by atomic mass is 10.2. The Morgan fingerprint density at radius 2 is 1.86 bits per heavy atom. The minimum Gasteiger partial charge on any atom is -0.452 e. The summed E-state index contributed by atoms with van der Waals surface area (Å²) in [6, 6.07) is 8.89. The zero-order valence-electron chi connectivity index (χ0n) is 15.3. The van der Waals surface area contributed by atoms with Gasteiger partial charge in [-0.3, -0.25) is 4.79 Å². The van der Waals surface area contributed by atoms with Crippen LogP contribution in [0, 0.1) is 25.5 Å². The summed E-state index contributed by atoms with van der Waals surface area (Å²) >= 11 is 1.62. The summed E-state index contributed by atoms with van der Waals surface area (Å²) in [5.74, 6) is -3.31. The highest BCUT2D eigenvalue weighted by Crippen LogP contribution is 2.20. The lowest BCUT2D eigenvalue weighted by molar-refractivity contribution is -0.119. The fourth-order valence-corrected chi connectivity index (χ4v) is 3.50. The Bertz CT molecular complexity index is 993. The van der Waals surface area contributed by atoms with Crippen molar-refractivity contribution in [3.63, 3.8) is 0 Å². The molecule has 1 amide bonds. The van der Waals surface area contributed by atoms with E-state index in [1.54, 1.807) is 24.3 Å². The van der Waals surface area contributed by atoms with E-state index in [4.69, 9.17) is 4.74 Å². The van der Waals surface area contributed by atoms with Crippen molar-refractivity contribution >= 4 is 28.9 Å². The Labute approximate surface area is 164 Å². The first kappa shape index (κ1) is 19.8. The largest absolute Gasteiger partial charge is 0.452 e. The van der Waals surface area contributed by atoms with Crippen LogP contribution in [0.15, 0.2) is 41.8 Å². The second-order valence-electron chi connectivity index (χ2n) is 6.17. The molecule has 28 heavy (non-hydrogen) atoms. The molecule has 0 aliphatic carbocycles. The first-order chi connectivity index (χ1) is 13.4. The third-order valence-electron chi connectivity index (χ3n) is 4.25. The van der Waals surface area contributed by atoms with Crippen LogP contribution in [-0.2, 0) is 16.1 Å². The van der Waals surface area contributed by atoms with Gasteiger partial charge in [-0.2, -0.15) is 0 Å². The molecule has 3 aromatic rings. The number of esters is 1. The Morgan fingerprint density at radius 1 is 1.14 bits per heavy atom. The van der Waals surface area contributed by atoms with E-state index in [1.807, 2.05) is 29.0 Å². The van der Waals surface area contributed by atoms with Gasteiger partial charge >= 0.3 is 5.97 Å². The molecule has 2 heterocycles. The number of carbonyl (C=O) groups is 2. The number of ether oxygens (including phenoxy) is 1. The van der Waals surface area contributed by atoms with E-state index in [1.165, 1.54) is 6.07 Å². The van der Waals surface area contributed by atoms with Crippen LogP contribution < -0.4 is 5.32 Å². The van der Waals surface area contributed by atoms with Gasteiger partial charge in [-0.25, -0.2) is 13.6 Å². The van der Waals surface area contributed by atoms with E-state index < -0.39 is 35.8 Å². The molecule has 0 bridgehead atoms. The van der Waals surface area contributed by atoms with Crippen LogP contribution in [0.1, 0.15) is 26.6 Å². The van der Waals surface area contributed by atoms with Crippen LogP contribution >= 0.6 is 11.3 Å². The predicted octanol–water partition coefficient (Wildman–Crippen LogP) is 4.29. The Morgan fingerprint density at radius 3 is 2.50 bits per heavy atom. The second-order valence-corrected chi connectivity index (χ2v) is 7.20. The Hall–Kier alpha value is -3.00. The maximum Gasteiger partial charge on any atom is 0.340 e. The maximum absolute atomic E-state index is 13.6. The normalized spacial score (nSPS) is 10.7. The number of nitrogens with zero attached hydrogens (tertiary/aromatic N) is 1. The molecule has 0 atom stereocenters. The van der Waals surface area contributed by atoms with Crippen LogP contribution in [-0.4, -0.2) is 23.1 Å². The van der Waals surface area contributed by atoms with Crippen molar-refractivity contribution in [2.75, 3.05) is 11.9 Å². The van der Waals surface area contributed by atoms with Crippen LogP contribution in [0.2, 0.25) is 0 Å². The van der Waals surface area contributed by atoms with Gasteiger partial charge < -0.3 is 14.6 Å². The number of rotatable bonds is 6. The fourth-order valence-electron chi connectivity index (χ4n) is 2.81. The molecule has 1 N–H and O–H groups in total. The minimum absolute atomic E-state index is 0.346. The highest BCUT2D eigenvalue weighted by molar-refractivity contribution is 7.09. The number of para-hydroxylation sites is 1. The molecule has 0 saturated carbocycles. The number of nitrogens with one attached hydrogen (secondary N) is 1. The quantitative estimate of drug-likeness (QED) is 0.624. The molecule has 5 nitrogen and oxygen atoms in total. The molecule has 1 aromatic carbocycles. The van der Waals surface area contributed by atoms with Crippen molar-refractivity contribution in [2.45, 2.75) is 20.4 Å². The number of hydrogen-bond donors (Lipinski definition) is 1. The molecular weight excluding hydrogens is 386 g/mol. The molecule has 0 aliphatic rings. The third kappa shape index (κ3) is 4.28. The molecule has 0 spiro atoms. The van der Waals surface area contributed by atoms with Gasteiger partial charge in [0.1, 0.15) is 17.3 Å². The zero-order valence-corrected chi connectivity index (χ0v) is 16.1. The topological polar surface area (TPSA) is 60.3 Å². The van der Waals surface area contributed by atoms with E-state index >= 15 is 0 Å². The number of thiophene rings is 1. The summed E-state index contributed by atoms with van der Waals surface area (Å²) in [6.07, 6.45) is 0. The van der Waals surface area contributed by atoms with Gasteiger partial charge in [0, 0.05) is 16.3 Å². The van der Waals surface area contributed by atoms with E-state index in [9.17, 15) is 18.4 Å². The van der Waals surface area contributed by atoms with Crippen molar-refractivity contribution in [3.05, 3.63) is 75.2 Å². The fraction of sp³-hybridized carbons (Fsp3) is 0.200. The molecule has 2 aromatic heterocycles. The number of halogens is 2. The standard InChI is InChI=1S/C20H18F2N2O3S/c1-12-9-15(13(2)24(12)10-14-5-4-8-28-14)20(26)27-11-18(25)23-19-16(21)6-3-7-17(19)22/h3-9H,10-11H2,1-2H3,(H,23,25). The van der Waals surface area contributed by atoms with Crippen molar-refractivity contribution in [1.29, 1.82) is 0 Å². The number of aryl methyl sites for hydroxylation is 1. The van der Waals surface area contributed by atoms with Gasteiger partial charge in [-0.05, 0) is 43.5 Å². The summed E-state index contributed by atoms with van der Waals surface area (Å²) < 4.78 is 34.1. The lowest BCUT2D eigenvalue weighted by Gasteiger charge is -2.09. The molecular formula is C20H18F2N2O3S. The molecule has 0 saturated heterocycles. The average molecular weight is 404 g/mol. The van der Waals surface area contributed by atoms with Gasteiger partial charge in [-0.1, -0.05) is 12.1 Å². The van der Waals surface area contributed by atoms with Gasteiger partial charge in [0.25, 0.3) is 5.91 Å². The predicted molar refractivity (Wildman–Crippen MR) is 103 cm³/mol. The highest BCUT2D eigenvalue weighted by Gasteiger charge is 2.19. The Kier molecular flexibility index (Phi) is 5.89. The molecule has 0 unspecified atom stereocenters. The smallest absolute Gasteiger partial charge is 0.340 e. The van der Waals surface area contributed by atoms with Gasteiger partial charge in [0.2, 0.25) is 0 Å². The number of aromatic nitrogens is 1. The van der Waals surface area contributed by atoms with Crippen molar-refractivity contribution in [1.82, 2.24) is 4.57 Å². The summed E-state index contributed by atoms with van der Waals surface area (Å²) in [5, 5.41) is 4.06. The maximum atomic E-state index is 13.6.